The molecule has 0 fully saturated rings. The lowest BCUT2D eigenvalue weighted by molar-refractivity contribution is 0.304. The lowest BCUT2D eigenvalue weighted by Crippen LogP contribution is -2.23. The van der Waals surface area contributed by atoms with E-state index >= 15 is 0 Å². The quantitative estimate of drug-likeness (QED) is 0.233. The molecular formula is C34H25N5O2S. The molecule has 0 bridgehead atoms. The topological polar surface area (TPSA) is 74.3 Å². The lowest BCUT2D eigenvalue weighted by atomic mass is 10.0. The molecule has 0 atom stereocenters. The van der Waals surface area contributed by atoms with Crippen molar-refractivity contribution in [2.24, 2.45) is 0 Å². The molecule has 7 aromatic rings. The van der Waals surface area contributed by atoms with E-state index < -0.39 is 0 Å². The molecule has 0 spiro atoms. The second kappa shape index (κ2) is 10.9. The highest BCUT2D eigenvalue weighted by Crippen LogP contribution is 2.29. The van der Waals surface area contributed by atoms with Crippen molar-refractivity contribution in [2.75, 3.05) is 0 Å². The van der Waals surface area contributed by atoms with Gasteiger partial charge < -0.3 is 4.74 Å². The Hall–Kier alpha value is -5.34. The largest absolute Gasteiger partial charge is 0.489 e. The smallest absolute Gasteiger partial charge is 0.291 e. The van der Waals surface area contributed by atoms with Crippen molar-refractivity contribution in [1.82, 2.24) is 24.4 Å². The molecule has 0 aliphatic heterocycles. The van der Waals surface area contributed by atoms with Crippen molar-refractivity contribution in [1.29, 1.82) is 0 Å². The number of para-hydroxylation sites is 1. The van der Waals surface area contributed by atoms with Gasteiger partial charge in [-0.05, 0) is 54.5 Å². The molecule has 0 aliphatic rings. The zero-order valence-corrected chi connectivity index (χ0v) is 23.5. The van der Waals surface area contributed by atoms with E-state index in [2.05, 4.69) is 16.1 Å². The van der Waals surface area contributed by atoms with Crippen molar-refractivity contribution in [3.8, 4) is 34.1 Å². The Balaban J connectivity index is 1.28. The van der Waals surface area contributed by atoms with Crippen LogP contribution in [0.5, 0.6) is 5.75 Å². The van der Waals surface area contributed by atoms with E-state index in [9.17, 15) is 4.79 Å². The number of hydrogen-bond donors (Lipinski definition) is 0. The van der Waals surface area contributed by atoms with E-state index in [1.54, 1.807) is 0 Å². The average Bonchev–Trinajstić information content (AvgIpc) is 3.73. The molecule has 4 aromatic carbocycles. The van der Waals surface area contributed by atoms with Crippen LogP contribution >= 0.6 is 11.3 Å². The van der Waals surface area contributed by atoms with E-state index in [4.69, 9.17) is 9.84 Å². The Bertz CT molecular complexity index is 2120. The van der Waals surface area contributed by atoms with Gasteiger partial charge in [-0.15, -0.1) is 5.10 Å². The summed E-state index contributed by atoms with van der Waals surface area (Å²) >= 11 is 1.32. The maximum atomic E-state index is 13.4. The van der Waals surface area contributed by atoms with Gasteiger partial charge in [-0.1, -0.05) is 90.2 Å². The molecular weight excluding hydrogens is 542 g/mol. The van der Waals surface area contributed by atoms with Crippen LogP contribution in [0.2, 0.25) is 0 Å². The summed E-state index contributed by atoms with van der Waals surface area (Å²) in [6.45, 7) is 2.52. The van der Waals surface area contributed by atoms with Crippen LogP contribution in [0.1, 0.15) is 16.7 Å². The lowest BCUT2D eigenvalue weighted by Gasteiger charge is -2.10. The molecule has 0 aliphatic carbocycles. The molecule has 42 heavy (non-hydrogen) atoms. The fraction of sp³-hybridized carbons (Fsp3) is 0.0588. The van der Waals surface area contributed by atoms with Gasteiger partial charge in [0.05, 0.1) is 10.2 Å². The van der Waals surface area contributed by atoms with Crippen LogP contribution in [-0.2, 0) is 6.61 Å². The van der Waals surface area contributed by atoms with Gasteiger partial charge in [0.2, 0.25) is 4.96 Å². The maximum absolute atomic E-state index is 13.4. The van der Waals surface area contributed by atoms with Gasteiger partial charge in [-0.2, -0.15) is 14.6 Å². The molecule has 3 heterocycles. The predicted octanol–water partition coefficient (Wildman–Crippen LogP) is 6.11. The zero-order chi connectivity index (χ0) is 28.5. The minimum atomic E-state index is -0.205. The molecule has 0 saturated heterocycles. The van der Waals surface area contributed by atoms with Crippen LogP contribution < -0.4 is 14.8 Å². The molecule has 0 amide bonds. The number of fused-ring (bicyclic) bond motifs is 1. The van der Waals surface area contributed by atoms with E-state index in [0.29, 0.717) is 21.9 Å². The highest BCUT2D eigenvalue weighted by atomic mass is 32.1. The van der Waals surface area contributed by atoms with E-state index in [1.165, 1.54) is 15.9 Å². The average molecular weight is 568 g/mol. The second-order valence-corrected chi connectivity index (χ2v) is 10.9. The van der Waals surface area contributed by atoms with Crippen LogP contribution in [0.3, 0.4) is 0 Å². The Morgan fingerprint density at radius 3 is 2.26 bits per heavy atom. The fourth-order valence-corrected chi connectivity index (χ4v) is 5.71. The molecule has 8 heteroatoms. The highest BCUT2D eigenvalue weighted by Gasteiger charge is 2.16. The normalized spacial score (nSPS) is 11.8. The van der Waals surface area contributed by atoms with Crippen molar-refractivity contribution in [3.63, 3.8) is 0 Å². The van der Waals surface area contributed by atoms with Crippen molar-refractivity contribution < 1.29 is 4.74 Å². The number of rotatable bonds is 7. The third-order valence-corrected chi connectivity index (χ3v) is 7.91. The van der Waals surface area contributed by atoms with Crippen LogP contribution in [0, 0.1) is 6.92 Å². The van der Waals surface area contributed by atoms with E-state index in [0.717, 1.165) is 44.9 Å². The Morgan fingerprint density at radius 2 is 1.55 bits per heavy atom. The van der Waals surface area contributed by atoms with Gasteiger partial charge in [0.15, 0.2) is 5.82 Å². The molecule has 204 valence electrons. The van der Waals surface area contributed by atoms with Gasteiger partial charge in [-0.25, -0.2) is 4.68 Å². The molecule has 0 saturated carbocycles. The SMILES string of the molecule is Cc1cc(-c2nn(-c3ccccc3)cc2/C=c2\sc3nc(-c4ccccc4)nn3c2=O)ccc1OCc1ccccc1. The van der Waals surface area contributed by atoms with Crippen LogP contribution in [-0.4, -0.2) is 24.4 Å². The summed E-state index contributed by atoms with van der Waals surface area (Å²) in [6.07, 6.45) is 3.83. The van der Waals surface area contributed by atoms with Crippen LogP contribution in [0.4, 0.5) is 0 Å². The molecule has 0 radical (unpaired) electrons. The van der Waals surface area contributed by atoms with Gasteiger partial charge in [0, 0.05) is 22.9 Å². The Labute approximate surface area is 245 Å². The summed E-state index contributed by atoms with van der Waals surface area (Å²) in [4.78, 5) is 18.6. The van der Waals surface area contributed by atoms with Crippen molar-refractivity contribution in [3.05, 3.63) is 147 Å². The van der Waals surface area contributed by atoms with Gasteiger partial charge >= 0.3 is 0 Å². The summed E-state index contributed by atoms with van der Waals surface area (Å²) in [5, 5.41) is 9.43. The number of hydrogen-bond acceptors (Lipinski definition) is 6. The molecule has 0 unspecified atom stereocenters. The third-order valence-electron chi connectivity index (χ3n) is 6.95. The van der Waals surface area contributed by atoms with E-state index in [-0.39, 0.29) is 5.56 Å². The minimum absolute atomic E-state index is 0.205. The molecule has 7 nitrogen and oxygen atoms in total. The Kier molecular flexibility index (Phi) is 6.65. The summed E-state index contributed by atoms with van der Waals surface area (Å²) in [5.41, 5.74) is 6.22. The number of nitrogens with zero attached hydrogens (tertiary/aromatic N) is 5. The predicted molar refractivity (Wildman–Crippen MR) is 166 cm³/mol. The first-order valence-corrected chi connectivity index (χ1v) is 14.3. The Morgan fingerprint density at radius 1 is 0.833 bits per heavy atom. The molecule has 7 rings (SSSR count). The summed E-state index contributed by atoms with van der Waals surface area (Å²) < 4.78 is 9.86. The first-order valence-electron chi connectivity index (χ1n) is 13.5. The number of benzene rings is 4. The minimum Gasteiger partial charge on any atom is -0.489 e. The first kappa shape index (κ1) is 25.6. The molecule has 0 N–H and O–H groups in total. The zero-order valence-electron chi connectivity index (χ0n) is 22.7. The monoisotopic (exact) mass is 567 g/mol. The van der Waals surface area contributed by atoms with Crippen LogP contribution in [0.15, 0.2) is 120 Å². The van der Waals surface area contributed by atoms with E-state index in [1.807, 2.05) is 127 Å². The standard InChI is InChI=1S/C34H25N5O2S/c1-23-19-26(17-18-29(23)41-22-24-11-5-2-6-12-24)31-27(21-38(36-31)28-15-9-4-10-16-28)20-30-33(40)39-34(42-30)35-32(37-39)25-13-7-3-8-14-25/h2-21H,22H2,1H3/b30-20-. The number of ether oxygens (including phenoxy) is 1. The number of aromatic nitrogens is 5. The highest BCUT2D eigenvalue weighted by molar-refractivity contribution is 7.15. The maximum Gasteiger partial charge on any atom is 0.291 e. The fourth-order valence-electron chi connectivity index (χ4n) is 4.81. The van der Waals surface area contributed by atoms with Gasteiger partial charge in [0.1, 0.15) is 18.1 Å². The third kappa shape index (κ3) is 5.00. The first-order chi connectivity index (χ1) is 20.6. The van der Waals surface area contributed by atoms with Gasteiger partial charge in [0.25, 0.3) is 5.56 Å². The van der Waals surface area contributed by atoms with Crippen LogP contribution in [0.25, 0.3) is 39.4 Å². The second-order valence-electron chi connectivity index (χ2n) is 9.88. The summed E-state index contributed by atoms with van der Waals surface area (Å²) in [6, 6.07) is 35.7. The summed E-state index contributed by atoms with van der Waals surface area (Å²) in [7, 11) is 0. The van der Waals surface area contributed by atoms with Crippen molar-refractivity contribution in [2.45, 2.75) is 13.5 Å². The number of aryl methyl sites for hydroxylation is 1. The summed E-state index contributed by atoms with van der Waals surface area (Å²) in [5.74, 6) is 1.35. The van der Waals surface area contributed by atoms with Crippen molar-refractivity contribution >= 4 is 22.4 Å². The van der Waals surface area contributed by atoms with Gasteiger partial charge in [-0.3, -0.25) is 4.79 Å². The molecule has 3 aromatic heterocycles. The number of thiazole rings is 1.